The van der Waals surface area contributed by atoms with Crippen LogP contribution in [0.4, 0.5) is 5.82 Å². The van der Waals surface area contributed by atoms with E-state index in [9.17, 15) is 13.2 Å². The molecule has 1 aromatic carbocycles. The zero-order valence-corrected chi connectivity index (χ0v) is 20.4. The largest absolute Gasteiger partial charge is 0.438 e. The van der Waals surface area contributed by atoms with Crippen LogP contribution >= 0.6 is 11.3 Å². The molecule has 0 aliphatic heterocycles. The van der Waals surface area contributed by atoms with Crippen LogP contribution in [0.1, 0.15) is 53.5 Å². The van der Waals surface area contributed by atoms with Gasteiger partial charge in [0.2, 0.25) is 10.2 Å². The van der Waals surface area contributed by atoms with E-state index in [0.29, 0.717) is 11.4 Å². The number of nitrogens with one attached hydrogen (secondary N) is 1. The number of pyridine rings is 1. The van der Waals surface area contributed by atoms with Crippen molar-refractivity contribution in [2.75, 3.05) is 5.73 Å². The number of benzene rings is 1. The van der Waals surface area contributed by atoms with Gasteiger partial charge >= 0.3 is 0 Å². The summed E-state index contributed by atoms with van der Waals surface area (Å²) in [5.41, 5.74) is 8.73. The molecule has 0 aliphatic carbocycles. The van der Waals surface area contributed by atoms with Gasteiger partial charge in [0.15, 0.2) is 0 Å². The lowest BCUT2D eigenvalue weighted by Crippen LogP contribution is -2.31. The first-order chi connectivity index (χ1) is 14.8. The van der Waals surface area contributed by atoms with Crippen molar-refractivity contribution >= 4 is 33.1 Å². The highest BCUT2D eigenvalue weighted by Gasteiger charge is 2.27. The minimum atomic E-state index is -4.19. The topological polar surface area (TPSA) is 124 Å². The molecule has 3 rings (SSSR count). The summed E-state index contributed by atoms with van der Waals surface area (Å²) in [7, 11) is -4.19. The molecule has 0 fully saturated rings. The molecule has 3 N–H and O–H groups in total. The number of carbonyl (C=O) groups excluding carboxylic acids is 1. The molecule has 0 radical (unpaired) electrons. The van der Waals surface area contributed by atoms with E-state index < -0.39 is 15.9 Å². The number of aromatic nitrogens is 2. The molecule has 3 aromatic rings. The standard InChI is InChI=1S/C22H26N4O4S2/c1-12-9-13(2)18(14(3)10-12)30-20-15(7-8-16(24-20)22(4,5)6)19(27)26-32(28,29)21-25-17(23)11-31-21/h7-11H,23H2,1-6H3,(H,26,27). The minimum absolute atomic E-state index is 0.00882. The van der Waals surface area contributed by atoms with E-state index in [1.165, 1.54) is 11.4 Å². The summed E-state index contributed by atoms with van der Waals surface area (Å²) in [5, 5.41) is 1.39. The van der Waals surface area contributed by atoms with Crippen LogP contribution in [0.15, 0.2) is 34.0 Å². The molecule has 2 heterocycles. The van der Waals surface area contributed by atoms with Crippen LogP contribution in [-0.2, 0) is 15.4 Å². The maximum atomic E-state index is 13.0. The van der Waals surface area contributed by atoms with Gasteiger partial charge < -0.3 is 10.5 Å². The second-order valence-corrected chi connectivity index (χ2v) is 11.3. The van der Waals surface area contributed by atoms with Gasteiger partial charge in [0, 0.05) is 16.5 Å². The summed E-state index contributed by atoms with van der Waals surface area (Å²) < 4.78 is 33.0. The normalized spacial score (nSPS) is 11.9. The Balaban J connectivity index is 2.05. The maximum Gasteiger partial charge on any atom is 0.291 e. The molecule has 2 aromatic heterocycles. The molecule has 0 unspecified atom stereocenters. The van der Waals surface area contributed by atoms with E-state index in [1.807, 2.05) is 58.4 Å². The molecule has 0 saturated carbocycles. The van der Waals surface area contributed by atoms with Crippen molar-refractivity contribution in [2.24, 2.45) is 0 Å². The molecule has 0 aliphatic rings. The highest BCUT2D eigenvalue weighted by Crippen LogP contribution is 2.33. The van der Waals surface area contributed by atoms with Gasteiger partial charge in [0.25, 0.3) is 15.9 Å². The lowest BCUT2D eigenvalue weighted by molar-refractivity contribution is 0.0978. The average Bonchev–Trinajstić information content (AvgIpc) is 3.11. The lowest BCUT2D eigenvalue weighted by Gasteiger charge is -2.21. The molecule has 1 amide bonds. The van der Waals surface area contributed by atoms with Crippen LogP contribution in [0.3, 0.4) is 0 Å². The van der Waals surface area contributed by atoms with E-state index in [2.05, 4.69) is 9.97 Å². The first kappa shape index (κ1) is 23.7. The number of rotatable bonds is 5. The van der Waals surface area contributed by atoms with Gasteiger partial charge in [-0.2, -0.15) is 8.42 Å². The number of nitrogens with two attached hydrogens (primary N) is 1. The van der Waals surface area contributed by atoms with E-state index >= 15 is 0 Å². The van der Waals surface area contributed by atoms with Gasteiger partial charge in [-0.15, -0.1) is 11.3 Å². The summed E-state index contributed by atoms with van der Waals surface area (Å²) in [5.74, 6) is -0.213. The fourth-order valence-electron chi connectivity index (χ4n) is 3.15. The summed E-state index contributed by atoms with van der Waals surface area (Å²) in [6.07, 6.45) is 0. The van der Waals surface area contributed by atoms with Crippen LogP contribution in [0.2, 0.25) is 0 Å². The minimum Gasteiger partial charge on any atom is -0.438 e. The molecule has 8 nitrogen and oxygen atoms in total. The molecule has 0 bridgehead atoms. The molecular formula is C22H26N4O4S2. The Morgan fingerprint density at radius 1 is 1.09 bits per heavy atom. The van der Waals surface area contributed by atoms with Crippen molar-refractivity contribution in [2.45, 2.75) is 51.3 Å². The predicted molar refractivity (Wildman–Crippen MR) is 125 cm³/mol. The van der Waals surface area contributed by atoms with Crippen molar-refractivity contribution < 1.29 is 17.9 Å². The van der Waals surface area contributed by atoms with E-state index in [1.54, 1.807) is 6.07 Å². The average molecular weight is 475 g/mol. The molecule has 0 atom stereocenters. The Morgan fingerprint density at radius 3 is 2.25 bits per heavy atom. The number of anilines is 1. The number of ether oxygens (including phenoxy) is 1. The van der Waals surface area contributed by atoms with E-state index in [4.69, 9.17) is 10.5 Å². The highest BCUT2D eigenvalue weighted by atomic mass is 32.2. The third-order valence-corrected chi connectivity index (χ3v) is 7.24. The SMILES string of the molecule is Cc1cc(C)c(Oc2nc(C(C)(C)C)ccc2C(=O)NS(=O)(=O)c2nc(N)cs2)c(C)c1. The van der Waals surface area contributed by atoms with Crippen molar-refractivity contribution in [3.8, 4) is 11.6 Å². The molecular weight excluding hydrogens is 448 g/mol. The summed E-state index contributed by atoms with van der Waals surface area (Å²) in [6, 6.07) is 7.13. The lowest BCUT2D eigenvalue weighted by atomic mass is 9.91. The number of carbonyl (C=O) groups is 1. The van der Waals surface area contributed by atoms with Gasteiger partial charge in [0.1, 0.15) is 17.1 Å². The Morgan fingerprint density at radius 2 is 1.72 bits per heavy atom. The summed E-state index contributed by atoms with van der Waals surface area (Å²) >= 11 is 0.826. The van der Waals surface area contributed by atoms with E-state index in [0.717, 1.165) is 28.0 Å². The third-order valence-electron chi connectivity index (χ3n) is 4.63. The highest BCUT2D eigenvalue weighted by molar-refractivity contribution is 7.92. The van der Waals surface area contributed by atoms with Crippen molar-refractivity contribution in [1.82, 2.24) is 14.7 Å². The number of sulfonamides is 1. The maximum absolute atomic E-state index is 13.0. The zero-order chi connectivity index (χ0) is 23.8. The Hall–Kier alpha value is -2.98. The first-order valence-electron chi connectivity index (χ1n) is 9.83. The number of nitrogens with zero attached hydrogens (tertiary/aromatic N) is 2. The van der Waals surface area contributed by atoms with Crippen molar-refractivity contribution in [3.05, 3.63) is 57.6 Å². The molecule has 32 heavy (non-hydrogen) atoms. The number of hydrogen-bond acceptors (Lipinski definition) is 8. The second-order valence-electron chi connectivity index (χ2n) is 8.60. The molecule has 0 saturated heterocycles. The van der Waals surface area contributed by atoms with Crippen LogP contribution in [-0.4, -0.2) is 24.3 Å². The van der Waals surface area contributed by atoms with Crippen LogP contribution in [0.25, 0.3) is 0 Å². The number of thiazole rings is 1. The Kier molecular flexibility index (Phi) is 6.30. The second kappa shape index (κ2) is 8.51. The van der Waals surface area contributed by atoms with Gasteiger partial charge in [-0.05, 0) is 44.0 Å². The quantitative estimate of drug-likeness (QED) is 0.566. The molecule has 170 valence electrons. The van der Waals surface area contributed by atoms with Gasteiger partial charge in [-0.3, -0.25) is 4.79 Å². The predicted octanol–water partition coefficient (Wildman–Crippen LogP) is 4.25. The number of nitrogen functional groups attached to an aromatic ring is 1. The van der Waals surface area contributed by atoms with Crippen molar-refractivity contribution in [3.63, 3.8) is 0 Å². The fourth-order valence-corrected chi connectivity index (χ4v) is 5.02. The van der Waals surface area contributed by atoms with Crippen LogP contribution in [0.5, 0.6) is 11.6 Å². The molecule has 0 spiro atoms. The van der Waals surface area contributed by atoms with Crippen LogP contribution in [0, 0.1) is 20.8 Å². The molecule has 10 heteroatoms. The summed E-state index contributed by atoms with van der Waals surface area (Å²) in [4.78, 5) is 21.3. The van der Waals surface area contributed by atoms with Gasteiger partial charge in [0.05, 0.1) is 0 Å². The Bertz CT molecular complexity index is 1270. The fraction of sp³-hybridized carbons (Fsp3) is 0.318. The Labute approximate surface area is 191 Å². The number of aryl methyl sites for hydroxylation is 3. The van der Waals surface area contributed by atoms with E-state index in [-0.39, 0.29) is 27.0 Å². The smallest absolute Gasteiger partial charge is 0.291 e. The van der Waals surface area contributed by atoms with Gasteiger partial charge in [-0.1, -0.05) is 38.5 Å². The third kappa shape index (κ3) is 5.08. The number of hydrogen-bond donors (Lipinski definition) is 2. The van der Waals surface area contributed by atoms with Crippen LogP contribution < -0.4 is 15.2 Å². The first-order valence-corrected chi connectivity index (χ1v) is 12.2. The monoisotopic (exact) mass is 474 g/mol. The zero-order valence-electron chi connectivity index (χ0n) is 18.8. The number of amides is 1. The van der Waals surface area contributed by atoms with Crippen molar-refractivity contribution in [1.29, 1.82) is 0 Å². The van der Waals surface area contributed by atoms with Gasteiger partial charge in [-0.25, -0.2) is 14.7 Å². The summed E-state index contributed by atoms with van der Waals surface area (Å²) in [6.45, 7) is 11.7.